The van der Waals surface area contributed by atoms with E-state index < -0.39 is 0 Å². The third-order valence-electron chi connectivity index (χ3n) is 5.50. The maximum absolute atomic E-state index is 13.3. The van der Waals surface area contributed by atoms with Crippen LogP contribution >= 0.6 is 0 Å². The molecule has 1 aliphatic rings. The molecule has 0 saturated heterocycles. The molecule has 1 aromatic heterocycles. The lowest BCUT2D eigenvalue weighted by Crippen LogP contribution is -2.34. The number of benzene rings is 2. The van der Waals surface area contributed by atoms with Crippen LogP contribution in [0.15, 0.2) is 53.3 Å². The molecule has 0 atom stereocenters. The third kappa shape index (κ3) is 4.90. The van der Waals surface area contributed by atoms with E-state index in [9.17, 15) is 14.0 Å². The van der Waals surface area contributed by atoms with Crippen LogP contribution in [0, 0.1) is 5.82 Å². The second-order valence-electron chi connectivity index (χ2n) is 9.15. The Hall–Kier alpha value is -3.42. The number of aromatic nitrogens is 3. The van der Waals surface area contributed by atoms with Gasteiger partial charge < -0.3 is 10.6 Å². The summed E-state index contributed by atoms with van der Waals surface area (Å²) in [5.41, 5.74) is 2.41. The largest absolute Gasteiger partial charge is 0.346 e. The minimum absolute atomic E-state index is 0.0463. The van der Waals surface area contributed by atoms with E-state index in [1.807, 2.05) is 24.3 Å². The van der Waals surface area contributed by atoms with Crippen LogP contribution in [0.2, 0.25) is 0 Å². The van der Waals surface area contributed by atoms with Gasteiger partial charge in [0.15, 0.2) is 5.82 Å². The average molecular weight is 438 g/mol. The number of hydrogen-bond donors (Lipinski definition) is 2. The van der Waals surface area contributed by atoms with Crippen LogP contribution in [-0.4, -0.2) is 26.9 Å². The van der Waals surface area contributed by atoms with E-state index in [0.717, 1.165) is 12.8 Å². The smallest absolute Gasteiger partial charge is 0.336 e. The first-order valence-corrected chi connectivity index (χ1v) is 10.8. The van der Waals surface area contributed by atoms with Crippen molar-refractivity contribution < 1.29 is 9.18 Å². The zero-order valence-corrected chi connectivity index (χ0v) is 18.6. The van der Waals surface area contributed by atoms with Crippen molar-refractivity contribution in [2.24, 2.45) is 0 Å². The third-order valence-corrected chi connectivity index (χ3v) is 5.50. The maximum Gasteiger partial charge on any atom is 0.346 e. The molecule has 2 aromatic carbocycles. The molecule has 2 amide bonds. The lowest BCUT2D eigenvalue weighted by Gasteiger charge is -2.19. The Morgan fingerprint density at radius 1 is 1.09 bits per heavy atom. The van der Waals surface area contributed by atoms with Crippen molar-refractivity contribution in [2.45, 2.75) is 51.6 Å². The highest BCUT2D eigenvalue weighted by Gasteiger charge is 2.30. The number of halogens is 1. The number of urea groups is 1. The summed E-state index contributed by atoms with van der Waals surface area (Å²) in [6.45, 7) is 6.89. The fraction of sp³-hybridized carbons (Fsp3) is 0.375. The Morgan fingerprint density at radius 3 is 2.34 bits per heavy atom. The highest BCUT2D eigenvalue weighted by Crippen LogP contribution is 2.36. The minimum atomic E-state index is -0.345. The van der Waals surface area contributed by atoms with Crippen LogP contribution in [-0.2, 0) is 12.0 Å². The van der Waals surface area contributed by atoms with Crippen molar-refractivity contribution in [1.82, 2.24) is 19.7 Å². The zero-order chi connectivity index (χ0) is 22.9. The van der Waals surface area contributed by atoms with Crippen LogP contribution in [0.4, 0.5) is 14.9 Å². The molecule has 0 radical (unpaired) electrons. The number of rotatable bonds is 6. The lowest BCUT2D eigenvalue weighted by molar-refractivity contribution is 0.251. The van der Waals surface area contributed by atoms with Crippen molar-refractivity contribution in [3.05, 3.63) is 70.4 Å². The fourth-order valence-electron chi connectivity index (χ4n) is 3.53. The van der Waals surface area contributed by atoms with Crippen LogP contribution in [0.3, 0.4) is 0 Å². The van der Waals surface area contributed by atoms with Crippen LogP contribution in [0.1, 0.15) is 45.2 Å². The fourth-order valence-corrected chi connectivity index (χ4v) is 3.53. The number of anilines is 1. The summed E-state index contributed by atoms with van der Waals surface area (Å²) < 4.78 is 16.3. The second-order valence-corrected chi connectivity index (χ2v) is 9.15. The molecule has 1 saturated carbocycles. The maximum atomic E-state index is 13.3. The molecule has 8 heteroatoms. The van der Waals surface area contributed by atoms with Gasteiger partial charge >= 0.3 is 11.7 Å². The normalized spacial score (nSPS) is 13.8. The topological polar surface area (TPSA) is 81.0 Å². The number of amides is 2. The van der Waals surface area contributed by atoms with Crippen molar-refractivity contribution >= 4 is 11.7 Å². The first kappa shape index (κ1) is 21.8. The van der Waals surface area contributed by atoms with Crippen molar-refractivity contribution in [3.8, 4) is 11.4 Å². The zero-order valence-electron chi connectivity index (χ0n) is 18.6. The standard InChI is InChI=1S/C24H28FN5O2/c1-24(2,3)17-6-10-19(11-7-17)27-22(31)26-14-15-29-23(32)30(20-12-13-20)21(28-29)16-4-8-18(25)9-5-16/h4-11,20H,12-15H2,1-3H3,(H2,26,27,31). The van der Waals surface area contributed by atoms with Gasteiger partial charge in [-0.15, -0.1) is 5.10 Å². The Bertz CT molecular complexity index is 1150. The Kier molecular flexibility index (Phi) is 5.86. The summed E-state index contributed by atoms with van der Waals surface area (Å²) in [6, 6.07) is 13.5. The molecular weight excluding hydrogens is 409 g/mol. The summed E-state index contributed by atoms with van der Waals surface area (Å²) in [5.74, 6) is 0.192. The van der Waals surface area contributed by atoms with E-state index in [4.69, 9.17) is 0 Å². The van der Waals surface area contributed by atoms with E-state index in [1.54, 1.807) is 16.7 Å². The highest BCUT2D eigenvalue weighted by atomic mass is 19.1. The van der Waals surface area contributed by atoms with Gasteiger partial charge in [0, 0.05) is 23.8 Å². The molecule has 1 aliphatic carbocycles. The molecule has 32 heavy (non-hydrogen) atoms. The van der Waals surface area contributed by atoms with Gasteiger partial charge in [0.1, 0.15) is 5.82 Å². The van der Waals surface area contributed by atoms with Gasteiger partial charge in [-0.3, -0.25) is 4.57 Å². The Labute approximate surface area is 186 Å². The molecule has 0 unspecified atom stereocenters. The Morgan fingerprint density at radius 2 is 1.75 bits per heavy atom. The van der Waals surface area contributed by atoms with Gasteiger partial charge in [-0.1, -0.05) is 32.9 Å². The second kappa shape index (κ2) is 8.61. The summed E-state index contributed by atoms with van der Waals surface area (Å²) in [6.07, 6.45) is 1.85. The number of carbonyl (C=O) groups is 1. The molecule has 1 heterocycles. The summed E-state index contributed by atoms with van der Waals surface area (Å²) >= 11 is 0. The molecule has 4 rings (SSSR count). The van der Waals surface area contributed by atoms with Crippen molar-refractivity contribution in [2.75, 3.05) is 11.9 Å². The molecule has 0 aliphatic heterocycles. The van der Waals surface area contributed by atoms with Gasteiger partial charge in [0.25, 0.3) is 0 Å². The van der Waals surface area contributed by atoms with Crippen molar-refractivity contribution in [3.63, 3.8) is 0 Å². The molecular formula is C24H28FN5O2. The molecule has 7 nitrogen and oxygen atoms in total. The molecule has 0 spiro atoms. The number of nitrogens with one attached hydrogen (secondary N) is 2. The molecule has 1 fully saturated rings. The average Bonchev–Trinajstić information content (AvgIpc) is 3.52. The molecule has 168 valence electrons. The SMILES string of the molecule is CC(C)(C)c1ccc(NC(=O)NCCn2nc(-c3ccc(F)cc3)n(C3CC3)c2=O)cc1. The quantitative estimate of drug-likeness (QED) is 0.603. The van der Waals surface area contributed by atoms with Gasteiger partial charge in [-0.25, -0.2) is 18.7 Å². The molecule has 2 N–H and O–H groups in total. The van der Waals surface area contributed by atoms with E-state index in [1.165, 1.54) is 22.4 Å². The summed E-state index contributed by atoms with van der Waals surface area (Å²) in [5, 5.41) is 10.0. The van der Waals surface area contributed by atoms with Gasteiger partial charge in [0.05, 0.1) is 6.54 Å². The summed E-state index contributed by atoms with van der Waals surface area (Å²) in [7, 11) is 0. The van der Waals surface area contributed by atoms with Crippen LogP contribution < -0.4 is 16.3 Å². The minimum Gasteiger partial charge on any atom is -0.336 e. The van der Waals surface area contributed by atoms with E-state index in [0.29, 0.717) is 17.1 Å². The first-order valence-electron chi connectivity index (χ1n) is 10.8. The van der Waals surface area contributed by atoms with E-state index >= 15 is 0 Å². The molecule has 3 aromatic rings. The predicted octanol–water partition coefficient (Wildman–Crippen LogP) is 4.31. The monoisotopic (exact) mass is 437 g/mol. The number of carbonyl (C=O) groups excluding carboxylic acids is 1. The highest BCUT2D eigenvalue weighted by molar-refractivity contribution is 5.89. The lowest BCUT2D eigenvalue weighted by atomic mass is 9.87. The first-order chi connectivity index (χ1) is 15.2. The molecule has 0 bridgehead atoms. The van der Waals surface area contributed by atoms with Gasteiger partial charge in [0.2, 0.25) is 0 Å². The van der Waals surface area contributed by atoms with Crippen LogP contribution in [0.25, 0.3) is 11.4 Å². The number of nitrogens with zero attached hydrogens (tertiary/aromatic N) is 3. The van der Waals surface area contributed by atoms with Gasteiger partial charge in [-0.05, 0) is 60.2 Å². The Balaban J connectivity index is 1.39. The van der Waals surface area contributed by atoms with E-state index in [2.05, 4.69) is 36.5 Å². The number of hydrogen-bond acceptors (Lipinski definition) is 3. The van der Waals surface area contributed by atoms with Crippen molar-refractivity contribution in [1.29, 1.82) is 0 Å². The summed E-state index contributed by atoms with van der Waals surface area (Å²) in [4.78, 5) is 25.1. The van der Waals surface area contributed by atoms with E-state index in [-0.39, 0.29) is 42.1 Å². The van der Waals surface area contributed by atoms with Gasteiger partial charge in [-0.2, -0.15) is 0 Å². The van der Waals surface area contributed by atoms with Crippen LogP contribution in [0.5, 0.6) is 0 Å². The predicted molar refractivity (Wildman–Crippen MR) is 122 cm³/mol.